The lowest BCUT2D eigenvalue weighted by atomic mass is 9.88. The number of aromatic amines is 1. The Balaban J connectivity index is 1.45. The van der Waals surface area contributed by atoms with E-state index in [0.29, 0.717) is 19.0 Å². The summed E-state index contributed by atoms with van der Waals surface area (Å²) in [6.45, 7) is 3.92. The first-order chi connectivity index (χ1) is 15.4. The predicted octanol–water partition coefficient (Wildman–Crippen LogP) is 4.94. The summed E-state index contributed by atoms with van der Waals surface area (Å²) in [5.41, 5.74) is 4.93. The molecule has 1 aliphatic rings. The zero-order chi connectivity index (χ0) is 22.3. The predicted molar refractivity (Wildman–Crippen MR) is 127 cm³/mol. The van der Waals surface area contributed by atoms with Crippen LogP contribution in [0.5, 0.6) is 0 Å². The summed E-state index contributed by atoms with van der Waals surface area (Å²) < 4.78 is 29.6. The Morgan fingerprint density at radius 1 is 1.12 bits per heavy atom. The number of nitrogens with zero attached hydrogens (tertiary/aromatic N) is 3. The molecule has 6 nitrogen and oxygen atoms in total. The summed E-state index contributed by atoms with van der Waals surface area (Å²) in [6, 6.07) is 16.5. The van der Waals surface area contributed by atoms with E-state index < -0.39 is 10.0 Å². The van der Waals surface area contributed by atoms with E-state index in [0.717, 1.165) is 30.0 Å². The fraction of sp³-hybridized carbons (Fsp3) is 0.292. The summed E-state index contributed by atoms with van der Waals surface area (Å²) in [4.78, 5) is 6.59. The number of fused-ring (bicyclic) bond motifs is 1. The second-order valence-electron chi connectivity index (χ2n) is 8.33. The lowest BCUT2D eigenvalue weighted by Gasteiger charge is -2.31. The fourth-order valence-electron chi connectivity index (χ4n) is 4.90. The number of aromatic nitrogens is 3. The third-order valence-electron chi connectivity index (χ3n) is 6.46. The van der Waals surface area contributed by atoms with Crippen LogP contribution < -0.4 is 0 Å². The van der Waals surface area contributed by atoms with Crippen LogP contribution in [0.1, 0.15) is 35.6 Å². The van der Waals surface area contributed by atoms with Gasteiger partial charge in [-0.15, -0.1) is 0 Å². The molecule has 0 saturated carbocycles. The van der Waals surface area contributed by atoms with Crippen molar-refractivity contribution in [1.82, 2.24) is 18.8 Å². The first-order valence-electron chi connectivity index (χ1n) is 10.8. The van der Waals surface area contributed by atoms with Crippen LogP contribution in [0.25, 0.3) is 10.9 Å². The van der Waals surface area contributed by atoms with Gasteiger partial charge in [0.15, 0.2) is 5.03 Å². The molecule has 0 amide bonds. The molecular weight excluding hydrogens is 444 g/mol. The number of nitrogens with one attached hydrogen (secondary N) is 1. The van der Waals surface area contributed by atoms with Gasteiger partial charge in [-0.3, -0.25) is 0 Å². The highest BCUT2D eigenvalue weighted by atomic mass is 35.5. The second kappa shape index (κ2) is 8.39. The van der Waals surface area contributed by atoms with Crippen molar-refractivity contribution in [2.24, 2.45) is 0 Å². The molecule has 8 heteroatoms. The molecule has 1 fully saturated rings. The van der Waals surface area contributed by atoms with Crippen molar-refractivity contribution in [2.75, 3.05) is 13.1 Å². The Morgan fingerprint density at radius 2 is 1.91 bits per heavy atom. The minimum absolute atomic E-state index is 0.158. The molecule has 166 valence electrons. The van der Waals surface area contributed by atoms with Crippen LogP contribution in [0.3, 0.4) is 0 Å². The van der Waals surface area contributed by atoms with Gasteiger partial charge in [0, 0.05) is 41.3 Å². The molecule has 0 unspecified atom stereocenters. The third-order valence-corrected chi connectivity index (χ3v) is 8.52. The molecular formula is C24H25ClN4O2S. The largest absolute Gasteiger partial charge is 0.340 e. The number of piperidine rings is 1. The number of imidazole rings is 1. The van der Waals surface area contributed by atoms with E-state index in [-0.39, 0.29) is 5.03 Å². The molecule has 2 aromatic heterocycles. The number of halogens is 1. The van der Waals surface area contributed by atoms with Crippen LogP contribution in [0, 0.1) is 6.92 Å². The Bertz CT molecular complexity index is 1350. The highest BCUT2D eigenvalue weighted by molar-refractivity contribution is 7.89. The average molecular weight is 469 g/mol. The van der Waals surface area contributed by atoms with E-state index in [4.69, 9.17) is 11.6 Å². The van der Waals surface area contributed by atoms with Gasteiger partial charge in [-0.1, -0.05) is 41.9 Å². The number of sulfonamides is 1. The van der Waals surface area contributed by atoms with Crippen LogP contribution in [-0.4, -0.2) is 40.3 Å². The van der Waals surface area contributed by atoms with E-state index >= 15 is 0 Å². The van der Waals surface area contributed by atoms with Gasteiger partial charge in [0.25, 0.3) is 10.0 Å². The number of hydrogen-bond donors (Lipinski definition) is 1. The average Bonchev–Trinajstić information content (AvgIpc) is 3.42. The van der Waals surface area contributed by atoms with Crippen LogP contribution in [0.2, 0.25) is 5.02 Å². The van der Waals surface area contributed by atoms with Crippen LogP contribution in [0.15, 0.2) is 66.1 Å². The molecule has 0 bridgehead atoms. The molecule has 5 rings (SSSR count). The van der Waals surface area contributed by atoms with Crippen molar-refractivity contribution in [2.45, 2.75) is 37.3 Å². The van der Waals surface area contributed by atoms with Gasteiger partial charge in [0.1, 0.15) is 0 Å². The zero-order valence-corrected chi connectivity index (χ0v) is 19.4. The van der Waals surface area contributed by atoms with Gasteiger partial charge in [0.05, 0.1) is 12.5 Å². The van der Waals surface area contributed by atoms with E-state index in [1.807, 2.05) is 18.2 Å². The minimum Gasteiger partial charge on any atom is -0.340 e. The van der Waals surface area contributed by atoms with Gasteiger partial charge < -0.3 is 9.55 Å². The second-order valence-corrected chi connectivity index (χ2v) is 10.7. The Hall–Kier alpha value is -2.61. The van der Waals surface area contributed by atoms with Gasteiger partial charge in [-0.05, 0) is 55.0 Å². The first kappa shape index (κ1) is 21.2. The maximum Gasteiger partial charge on any atom is 0.260 e. The van der Waals surface area contributed by atoms with Crippen LogP contribution in [-0.2, 0) is 16.6 Å². The number of rotatable bonds is 5. The van der Waals surface area contributed by atoms with E-state index in [1.54, 1.807) is 4.31 Å². The smallest absolute Gasteiger partial charge is 0.260 e. The Kier molecular flexibility index (Phi) is 5.57. The topological polar surface area (TPSA) is 71.0 Å². The summed E-state index contributed by atoms with van der Waals surface area (Å²) in [7, 11) is -3.52. The molecule has 1 saturated heterocycles. The maximum atomic E-state index is 12.8. The molecule has 4 aromatic rings. The number of para-hydroxylation sites is 1. The highest BCUT2D eigenvalue weighted by Gasteiger charge is 2.32. The maximum absolute atomic E-state index is 12.8. The van der Waals surface area contributed by atoms with Crippen molar-refractivity contribution >= 4 is 32.5 Å². The molecule has 0 atom stereocenters. The fourth-order valence-corrected chi connectivity index (χ4v) is 6.48. The lowest BCUT2D eigenvalue weighted by Crippen LogP contribution is -2.38. The Labute approximate surface area is 192 Å². The standard InChI is InChI=1S/C24H25ClN4O2S/c1-17-24(19-9-11-28(12-10-19)32(30,31)23-14-26-16-27-23)21-7-2-3-8-22(21)29(17)15-18-5-4-6-20(25)13-18/h2-8,13-14,16,19H,9-12,15H2,1H3,(H,26,27). The molecule has 0 radical (unpaired) electrons. The quantitative estimate of drug-likeness (QED) is 0.450. The van der Waals surface area contributed by atoms with E-state index in [9.17, 15) is 8.42 Å². The monoisotopic (exact) mass is 468 g/mol. The first-order valence-corrected chi connectivity index (χ1v) is 12.6. The van der Waals surface area contributed by atoms with Crippen molar-refractivity contribution < 1.29 is 8.42 Å². The minimum atomic E-state index is -3.52. The van der Waals surface area contributed by atoms with Gasteiger partial charge in [0.2, 0.25) is 0 Å². The molecule has 3 heterocycles. The molecule has 0 aliphatic carbocycles. The number of hydrogen-bond acceptors (Lipinski definition) is 3. The normalized spacial score (nSPS) is 16.1. The molecule has 1 N–H and O–H groups in total. The van der Waals surface area contributed by atoms with Gasteiger partial charge in [-0.2, -0.15) is 4.31 Å². The SMILES string of the molecule is Cc1c(C2CCN(S(=O)(=O)c3cnc[nH]3)CC2)c2ccccc2n1Cc1cccc(Cl)c1. The van der Waals surface area contributed by atoms with Crippen molar-refractivity contribution in [3.05, 3.63) is 82.9 Å². The van der Waals surface area contributed by atoms with Gasteiger partial charge in [-0.25, -0.2) is 13.4 Å². The van der Waals surface area contributed by atoms with E-state index in [2.05, 4.69) is 51.8 Å². The van der Waals surface area contributed by atoms with Crippen molar-refractivity contribution in [3.8, 4) is 0 Å². The summed E-state index contributed by atoms with van der Waals surface area (Å²) in [5.74, 6) is 0.314. The van der Waals surface area contributed by atoms with Crippen molar-refractivity contribution in [3.63, 3.8) is 0 Å². The van der Waals surface area contributed by atoms with Gasteiger partial charge >= 0.3 is 0 Å². The Morgan fingerprint density at radius 3 is 2.62 bits per heavy atom. The van der Waals surface area contributed by atoms with E-state index in [1.165, 1.54) is 34.7 Å². The van der Waals surface area contributed by atoms with Crippen LogP contribution >= 0.6 is 11.6 Å². The summed E-state index contributed by atoms with van der Waals surface area (Å²) in [5, 5.41) is 2.15. The highest BCUT2D eigenvalue weighted by Crippen LogP contribution is 2.38. The molecule has 0 spiro atoms. The van der Waals surface area contributed by atoms with Crippen LogP contribution in [0.4, 0.5) is 0 Å². The lowest BCUT2D eigenvalue weighted by molar-refractivity contribution is 0.319. The van der Waals surface area contributed by atoms with Crippen molar-refractivity contribution in [1.29, 1.82) is 0 Å². The number of benzene rings is 2. The molecule has 2 aromatic carbocycles. The summed E-state index contributed by atoms with van der Waals surface area (Å²) in [6.07, 6.45) is 4.35. The summed E-state index contributed by atoms with van der Waals surface area (Å²) >= 11 is 6.21. The number of H-pyrrole nitrogens is 1. The molecule has 32 heavy (non-hydrogen) atoms. The molecule has 1 aliphatic heterocycles. The zero-order valence-electron chi connectivity index (χ0n) is 17.8. The third kappa shape index (κ3) is 3.74.